The van der Waals surface area contributed by atoms with Crippen molar-refractivity contribution in [2.45, 2.75) is 26.2 Å². The second-order valence-corrected chi connectivity index (χ2v) is 4.16. The van der Waals surface area contributed by atoms with Gasteiger partial charge in [0.15, 0.2) is 0 Å². The SMILES string of the molecule is CC1CC=C(c2ccc(O)cc2)CC1. The zero-order chi connectivity index (χ0) is 9.97. The van der Waals surface area contributed by atoms with Crippen molar-refractivity contribution in [3.8, 4) is 5.75 Å². The standard InChI is InChI=1S/C13H16O/c1-10-2-4-11(5-3-10)12-6-8-13(14)9-7-12/h4,6-10,14H,2-3,5H2,1H3. The third-order valence-corrected chi connectivity index (χ3v) is 2.91. The Hall–Kier alpha value is -1.24. The maximum atomic E-state index is 9.18. The van der Waals surface area contributed by atoms with E-state index < -0.39 is 0 Å². The molecular weight excluding hydrogens is 172 g/mol. The summed E-state index contributed by atoms with van der Waals surface area (Å²) < 4.78 is 0. The van der Waals surface area contributed by atoms with E-state index in [4.69, 9.17) is 0 Å². The summed E-state index contributed by atoms with van der Waals surface area (Å²) in [6.45, 7) is 2.30. The summed E-state index contributed by atoms with van der Waals surface area (Å²) in [5, 5.41) is 9.18. The van der Waals surface area contributed by atoms with Crippen molar-refractivity contribution < 1.29 is 5.11 Å². The lowest BCUT2D eigenvalue weighted by Gasteiger charge is -2.18. The molecule has 1 aromatic carbocycles. The van der Waals surface area contributed by atoms with Crippen molar-refractivity contribution in [2.75, 3.05) is 0 Å². The van der Waals surface area contributed by atoms with Gasteiger partial charge in [-0.2, -0.15) is 0 Å². The lowest BCUT2D eigenvalue weighted by Crippen LogP contribution is -2.00. The fourth-order valence-corrected chi connectivity index (χ4v) is 1.90. The fourth-order valence-electron chi connectivity index (χ4n) is 1.90. The van der Waals surface area contributed by atoms with E-state index in [1.54, 1.807) is 12.1 Å². The average Bonchev–Trinajstić information content (AvgIpc) is 2.21. The van der Waals surface area contributed by atoms with Crippen LogP contribution in [0.5, 0.6) is 5.75 Å². The van der Waals surface area contributed by atoms with E-state index in [9.17, 15) is 5.11 Å². The number of benzene rings is 1. The molecule has 1 heteroatoms. The van der Waals surface area contributed by atoms with Crippen LogP contribution >= 0.6 is 0 Å². The minimum Gasteiger partial charge on any atom is -0.508 e. The topological polar surface area (TPSA) is 20.2 Å². The molecule has 0 heterocycles. The molecule has 0 saturated heterocycles. The number of hydrogen-bond acceptors (Lipinski definition) is 1. The summed E-state index contributed by atoms with van der Waals surface area (Å²) in [5.74, 6) is 1.18. The largest absolute Gasteiger partial charge is 0.508 e. The van der Waals surface area contributed by atoms with Crippen LogP contribution in [0.15, 0.2) is 30.3 Å². The number of aromatic hydroxyl groups is 1. The normalized spacial score (nSPS) is 21.8. The summed E-state index contributed by atoms with van der Waals surface area (Å²) in [5.41, 5.74) is 2.69. The maximum absolute atomic E-state index is 9.18. The third-order valence-electron chi connectivity index (χ3n) is 2.91. The minimum absolute atomic E-state index is 0.346. The van der Waals surface area contributed by atoms with Crippen LogP contribution in [-0.2, 0) is 0 Å². The van der Waals surface area contributed by atoms with Crippen molar-refractivity contribution in [3.05, 3.63) is 35.9 Å². The Bertz CT molecular complexity index is 335. The zero-order valence-corrected chi connectivity index (χ0v) is 8.53. The number of allylic oxidation sites excluding steroid dienone is 2. The molecule has 1 aliphatic carbocycles. The van der Waals surface area contributed by atoms with Crippen LogP contribution in [0.4, 0.5) is 0 Å². The molecule has 0 aliphatic heterocycles. The molecule has 1 nitrogen and oxygen atoms in total. The molecule has 1 unspecified atom stereocenters. The molecule has 1 atom stereocenters. The first-order valence-electron chi connectivity index (χ1n) is 5.24. The Morgan fingerprint density at radius 3 is 2.50 bits per heavy atom. The van der Waals surface area contributed by atoms with Gasteiger partial charge >= 0.3 is 0 Å². The van der Waals surface area contributed by atoms with Gasteiger partial charge in [-0.25, -0.2) is 0 Å². The summed E-state index contributed by atoms with van der Waals surface area (Å²) >= 11 is 0. The van der Waals surface area contributed by atoms with Crippen molar-refractivity contribution in [3.63, 3.8) is 0 Å². The molecule has 1 aromatic rings. The molecule has 0 bridgehead atoms. The van der Waals surface area contributed by atoms with Gasteiger partial charge in [0, 0.05) is 0 Å². The molecule has 74 valence electrons. The van der Waals surface area contributed by atoms with Gasteiger partial charge in [-0.3, -0.25) is 0 Å². The van der Waals surface area contributed by atoms with Crippen LogP contribution in [0.25, 0.3) is 5.57 Å². The molecule has 0 aromatic heterocycles. The van der Waals surface area contributed by atoms with Gasteiger partial charge < -0.3 is 5.11 Å². The van der Waals surface area contributed by atoms with Gasteiger partial charge in [-0.05, 0) is 48.4 Å². The zero-order valence-electron chi connectivity index (χ0n) is 8.53. The highest BCUT2D eigenvalue weighted by atomic mass is 16.3. The maximum Gasteiger partial charge on any atom is 0.115 e. The first-order valence-corrected chi connectivity index (χ1v) is 5.24. The Morgan fingerprint density at radius 1 is 1.21 bits per heavy atom. The quantitative estimate of drug-likeness (QED) is 0.714. The monoisotopic (exact) mass is 188 g/mol. The summed E-state index contributed by atoms with van der Waals surface area (Å²) in [4.78, 5) is 0. The van der Waals surface area contributed by atoms with Gasteiger partial charge in [0.1, 0.15) is 5.75 Å². The van der Waals surface area contributed by atoms with Crippen LogP contribution in [-0.4, -0.2) is 5.11 Å². The van der Waals surface area contributed by atoms with E-state index in [-0.39, 0.29) is 0 Å². The fraction of sp³-hybridized carbons (Fsp3) is 0.385. The Morgan fingerprint density at radius 2 is 1.93 bits per heavy atom. The number of rotatable bonds is 1. The number of phenolic OH excluding ortho intramolecular Hbond substituents is 1. The van der Waals surface area contributed by atoms with Crippen molar-refractivity contribution in [1.82, 2.24) is 0 Å². The molecule has 0 fully saturated rings. The number of hydrogen-bond donors (Lipinski definition) is 1. The van der Waals surface area contributed by atoms with Crippen LogP contribution < -0.4 is 0 Å². The molecule has 0 spiro atoms. The Labute approximate surface area is 85.1 Å². The number of phenols is 1. The van der Waals surface area contributed by atoms with E-state index >= 15 is 0 Å². The lowest BCUT2D eigenvalue weighted by atomic mass is 9.88. The van der Waals surface area contributed by atoms with E-state index in [2.05, 4.69) is 13.0 Å². The first kappa shape index (κ1) is 9.32. The van der Waals surface area contributed by atoms with E-state index in [1.165, 1.54) is 30.4 Å². The van der Waals surface area contributed by atoms with E-state index in [1.807, 2.05) is 12.1 Å². The smallest absolute Gasteiger partial charge is 0.115 e. The van der Waals surface area contributed by atoms with Gasteiger partial charge in [0.05, 0.1) is 0 Å². The van der Waals surface area contributed by atoms with Gasteiger partial charge in [0.2, 0.25) is 0 Å². The molecule has 1 aliphatic rings. The summed E-state index contributed by atoms with van der Waals surface area (Å²) in [6, 6.07) is 7.51. The van der Waals surface area contributed by atoms with Crippen LogP contribution in [0, 0.1) is 5.92 Å². The minimum atomic E-state index is 0.346. The highest BCUT2D eigenvalue weighted by Gasteiger charge is 2.10. The molecule has 14 heavy (non-hydrogen) atoms. The molecule has 0 radical (unpaired) electrons. The van der Waals surface area contributed by atoms with E-state index in [0.29, 0.717) is 5.75 Å². The highest BCUT2D eigenvalue weighted by Crippen LogP contribution is 2.30. The van der Waals surface area contributed by atoms with Crippen LogP contribution in [0.1, 0.15) is 31.7 Å². The molecule has 0 saturated carbocycles. The van der Waals surface area contributed by atoms with Gasteiger partial charge in [-0.15, -0.1) is 0 Å². The molecular formula is C13H16O. The predicted molar refractivity (Wildman–Crippen MR) is 59.1 cm³/mol. The Kier molecular flexibility index (Phi) is 2.58. The molecule has 2 rings (SSSR count). The second kappa shape index (κ2) is 3.87. The van der Waals surface area contributed by atoms with Crippen molar-refractivity contribution in [2.24, 2.45) is 5.92 Å². The van der Waals surface area contributed by atoms with Crippen LogP contribution in [0.2, 0.25) is 0 Å². The third kappa shape index (κ3) is 1.98. The van der Waals surface area contributed by atoms with Crippen molar-refractivity contribution >= 4 is 5.57 Å². The van der Waals surface area contributed by atoms with E-state index in [0.717, 1.165) is 5.92 Å². The molecule has 0 amide bonds. The average molecular weight is 188 g/mol. The Balaban J connectivity index is 2.19. The van der Waals surface area contributed by atoms with Crippen molar-refractivity contribution in [1.29, 1.82) is 0 Å². The summed E-state index contributed by atoms with van der Waals surface area (Å²) in [7, 11) is 0. The van der Waals surface area contributed by atoms with Gasteiger partial charge in [0.25, 0.3) is 0 Å². The lowest BCUT2D eigenvalue weighted by molar-refractivity contribution is 0.475. The first-order chi connectivity index (χ1) is 6.75. The second-order valence-electron chi connectivity index (χ2n) is 4.16. The predicted octanol–water partition coefficient (Wildman–Crippen LogP) is 3.60. The van der Waals surface area contributed by atoms with Crippen LogP contribution in [0.3, 0.4) is 0 Å². The van der Waals surface area contributed by atoms with Gasteiger partial charge in [-0.1, -0.05) is 25.1 Å². The summed E-state index contributed by atoms with van der Waals surface area (Å²) in [6.07, 6.45) is 5.98. The molecule has 1 N–H and O–H groups in total. The highest BCUT2D eigenvalue weighted by molar-refractivity contribution is 5.66.